The van der Waals surface area contributed by atoms with Gasteiger partial charge in [0.25, 0.3) is 0 Å². The molecular weight excluding hydrogens is 256 g/mol. The van der Waals surface area contributed by atoms with E-state index in [1.807, 2.05) is 19.1 Å². The van der Waals surface area contributed by atoms with Crippen molar-refractivity contribution in [1.29, 1.82) is 0 Å². The van der Waals surface area contributed by atoms with Gasteiger partial charge in [0.15, 0.2) is 0 Å². The Balaban J connectivity index is 2.45. The lowest BCUT2D eigenvalue weighted by molar-refractivity contribution is 0.411. The molecule has 1 aliphatic rings. The molecule has 21 heavy (non-hydrogen) atoms. The highest BCUT2D eigenvalue weighted by molar-refractivity contribution is 5.84. The summed E-state index contributed by atoms with van der Waals surface area (Å²) in [4.78, 5) is 0. The van der Waals surface area contributed by atoms with Crippen molar-refractivity contribution in [3.05, 3.63) is 70.3 Å². The van der Waals surface area contributed by atoms with E-state index in [0.717, 1.165) is 5.57 Å². The molecule has 1 nitrogen and oxygen atoms in total. The number of hydrogen-bond donors (Lipinski definition) is 1. The van der Waals surface area contributed by atoms with Crippen LogP contribution in [0.1, 0.15) is 20.8 Å². The van der Waals surface area contributed by atoms with Crippen LogP contribution in [0.25, 0.3) is 22.9 Å². The van der Waals surface area contributed by atoms with Crippen molar-refractivity contribution in [3.63, 3.8) is 0 Å². The maximum absolute atomic E-state index is 10.3. The average Bonchev–Trinajstić information content (AvgIpc) is 2.44. The molecule has 106 valence electrons. The number of benzene rings is 2. The van der Waals surface area contributed by atoms with Gasteiger partial charge in [-0.3, -0.25) is 0 Å². The molecule has 3 rings (SSSR count). The molecule has 0 spiro atoms. The normalized spacial score (nSPS) is 20.5. The molecule has 2 aromatic rings. The van der Waals surface area contributed by atoms with Gasteiger partial charge in [0.05, 0.1) is 0 Å². The van der Waals surface area contributed by atoms with E-state index in [9.17, 15) is 5.11 Å². The van der Waals surface area contributed by atoms with Crippen LogP contribution in [0.4, 0.5) is 0 Å². The van der Waals surface area contributed by atoms with Gasteiger partial charge < -0.3 is 5.11 Å². The summed E-state index contributed by atoms with van der Waals surface area (Å²) in [5.41, 5.74) is 0.676. The quantitative estimate of drug-likeness (QED) is 0.775. The topological polar surface area (TPSA) is 20.2 Å². The first-order valence-corrected chi connectivity index (χ1v) is 7.27. The van der Waals surface area contributed by atoms with Crippen molar-refractivity contribution in [2.75, 3.05) is 0 Å². The molecule has 0 aromatic heterocycles. The zero-order chi connectivity index (χ0) is 15.0. The predicted molar refractivity (Wildman–Crippen MR) is 90.4 cm³/mol. The summed E-state index contributed by atoms with van der Waals surface area (Å²) in [5.74, 6) is 0.342. The fourth-order valence-electron chi connectivity index (χ4n) is 2.79. The monoisotopic (exact) mass is 276 g/mol. The van der Waals surface area contributed by atoms with E-state index in [2.05, 4.69) is 62.4 Å². The highest BCUT2D eigenvalue weighted by atomic mass is 16.3. The molecule has 1 aliphatic carbocycles. The van der Waals surface area contributed by atoms with Gasteiger partial charge >= 0.3 is 0 Å². The second kappa shape index (κ2) is 4.92. The molecule has 2 aromatic carbocycles. The average molecular weight is 276 g/mol. The van der Waals surface area contributed by atoms with E-state index >= 15 is 0 Å². The van der Waals surface area contributed by atoms with E-state index < -0.39 is 0 Å². The van der Waals surface area contributed by atoms with Crippen LogP contribution in [0.2, 0.25) is 0 Å². The maximum Gasteiger partial charge on any atom is 0.115 e. The SMILES string of the molecule is CC1=C/C=c2/cccc3cc/c(cc23)=C/C(C)(C)C=C1O. The minimum atomic E-state index is -0.202. The zero-order valence-electron chi connectivity index (χ0n) is 12.7. The zero-order valence-corrected chi connectivity index (χ0v) is 12.7. The molecule has 0 atom stereocenters. The van der Waals surface area contributed by atoms with Gasteiger partial charge in [-0.15, -0.1) is 0 Å². The largest absolute Gasteiger partial charge is 0.508 e. The number of hydrogen-bond acceptors (Lipinski definition) is 1. The van der Waals surface area contributed by atoms with E-state index in [-0.39, 0.29) is 5.41 Å². The fourth-order valence-corrected chi connectivity index (χ4v) is 2.79. The number of rotatable bonds is 0. The standard InChI is InChI=1S/C20H20O/c1-14-7-9-16-5-4-6-17-10-8-15(11-18(16)17)12-20(2,3)13-19(14)21/h4-13,21H,1-3H3/b14-7?,15-12-,16-9-,19-13?. The summed E-state index contributed by atoms with van der Waals surface area (Å²) < 4.78 is 0. The van der Waals surface area contributed by atoms with Crippen LogP contribution in [0.5, 0.6) is 0 Å². The van der Waals surface area contributed by atoms with E-state index in [0.29, 0.717) is 5.76 Å². The van der Waals surface area contributed by atoms with Gasteiger partial charge in [0.1, 0.15) is 5.76 Å². The lowest BCUT2D eigenvalue weighted by atomic mass is 9.90. The summed E-state index contributed by atoms with van der Waals surface area (Å²) in [6.45, 7) is 6.15. The molecule has 2 bridgehead atoms. The fraction of sp³-hybridized carbons (Fsp3) is 0.200. The summed E-state index contributed by atoms with van der Waals surface area (Å²) in [6.07, 6.45) is 8.16. The minimum absolute atomic E-state index is 0.202. The third-order valence-corrected chi connectivity index (χ3v) is 3.90. The highest BCUT2D eigenvalue weighted by Crippen LogP contribution is 2.23. The van der Waals surface area contributed by atoms with Crippen molar-refractivity contribution < 1.29 is 5.11 Å². The molecule has 0 aliphatic heterocycles. The van der Waals surface area contributed by atoms with Crippen molar-refractivity contribution in [2.24, 2.45) is 5.41 Å². The number of aliphatic hydroxyl groups is 1. The predicted octanol–water partition coefficient (Wildman–Crippen LogP) is 3.83. The Morgan fingerprint density at radius 1 is 0.952 bits per heavy atom. The van der Waals surface area contributed by atoms with E-state index in [1.54, 1.807) is 0 Å². The smallest absolute Gasteiger partial charge is 0.115 e. The van der Waals surface area contributed by atoms with Crippen molar-refractivity contribution >= 4 is 22.9 Å². The highest BCUT2D eigenvalue weighted by Gasteiger charge is 2.13. The Labute approximate surface area is 125 Å². The van der Waals surface area contributed by atoms with Gasteiger partial charge in [-0.05, 0) is 45.8 Å². The molecule has 1 heteroatoms. The first-order valence-electron chi connectivity index (χ1n) is 7.27. The third-order valence-electron chi connectivity index (χ3n) is 3.90. The summed E-state index contributed by atoms with van der Waals surface area (Å²) >= 11 is 0. The summed E-state index contributed by atoms with van der Waals surface area (Å²) in [7, 11) is 0. The van der Waals surface area contributed by atoms with E-state index in [1.165, 1.54) is 21.2 Å². The molecule has 0 radical (unpaired) electrons. The molecule has 1 N–H and O–H groups in total. The van der Waals surface area contributed by atoms with Gasteiger partial charge in [-0.1, -0.05) is 62.4 Å². The van der Waals surface area contributed by atoms with E-state index in [4.69, 9.17) is 0 Å². The molecule has 0 fully saturated rings. The van der Waals surface area contributed by atoms with Crippen molar-refractivity contribution in [1.82, 2.24) is 0 Å². The Hall–Kier alpha value is -2.28. The Morgan fingerprint density at radius 2 is 1.76 bits per heavy atom. The van der Waals surface area contributed by atoms with Gasteiger partial charge in [-0.2, -0.15) is 0 Å². The maximum atomic E-state index is 10.3. The second-order valence-electron chi connectivity index (χ2n) is 6.34. The Bertz CT molecular complexity index is 880. The third kappa shape index (κ3) is 2.78. The molecular formula is C20H20O. The van der Waals surface area contributed by atoms with Crippen LogP contribution in [-0.4, -0.2) is 5.11 Å². The van der Waals surface area contributed by atoms with Gasteiger partial charge in [0, 0.05) is 5.41 Å². The van der Waals surface area contributed by atoms with Gasteiger partial charge in [0.2, 0.25) is 0 Å². The summed E-state index contributed by atoms with van der Waals surface area (Å²) in [6, 6.07) is 12.8. The van der Waals surface area contributed by atoms with Crippen LogP contribution in [0.15, 0.2) is 59.9 Å². The van der Waals surface area contributed by atoms with Gasteiger partial charge in [-0.25, -0.2) is 0 Å². The van der Waals surface area contributed by atoms with Crippen LogP contribution >= 0.6 is 0 Å². The number of allylic oxidation sites excluding steroid dienone is 3. The van der Waals surface area contributed by atoms with Crippen molar-refractivity contribution in [2.45, 2.75) is 20.8 Å². The van der Waals surface area contributed by atoms with Crippen LogP contribution in [0.3, 0.4) is 0 Å². The Kier molecular flexibility index (Phi) is 3.21. The molecule has 0 saturated carbocycles. The van der Waals surface area contributed by atoms with Crippen LogP contribution in [-0.2, 0) is 0 Å². The second-order valence-corrected chi connectivity index (χ2v) is 6.34. The van der Waals surface area contributed by atoms with Crippen LogP contribution < -0.4 is 10.4 Å². The minimum Gasteiger partial charge on any atom is -0.508 e. The molecule has 0 amide bonds. The first-order chi connectivity index (χ1) is 9.94. The summed E-state index contributed by atoms with van der Waals surface area (Å²) in [5, 5.41) is 15.1. The molecule has 0 unspecified atom stereocenters. The van der Waals surface area contributed by atoms with Crippen molar-refractivity contribution in [3.8, 4) is 0 Å². The molecule has 0 heterocycles. The Morgan fingerprint density at radius 3 is 2.57 bits per heavy atom. The number of fused-ring (bicyclic) bond motifs is 1. The lowest BCUT2D eigenvalue weighted by Gasteiger charge is -2.16. The van der Waals surface area contributed by atoms with Crippen LogP contribution in [0, 0.1) is 5.41 Å². The first kappa shape index (κ1) is 13.7. The number of aliphatic hydroxyl groups excluding tert-OH is 1. The molecule has 0 saturated heterocycles. The lowest BCUT2D eigenvalue weighted by Crippen LogP contribution is -2.12.